The highest BCUT2D eigenvalue weighted by Gasteiger charge is 2.25. The molecular formula is C15H22N2O4S. The predicted molar refractivity (Wildman–Crippen MR) is 84.8 cm³/mol. The molecule has 0 bridgehead atoms. The highest BCUT2D eigenvalue weighted by atomic mass is 32.2. The number of ether oxygens (including phenoxy) is 1. The summed E-state index contributed by atoms with van der Waals surface area (Å²) in [5.74, 6) is 0.0529. The average Bonchev–Trinajstić information content (AvgIpc) is 3.01. The Labute approximate surface area is 131 Å². The lowest BCUT2D eigenvalue weighted by Crippen LogP contribution is -2.19. The monoisotopic (exact) mass is 326 g/mol. The van der Waals surface area contributed by atoms with Gasteiger partial charge in [0.15, 0.2) is 9.84 Å². The molecule has 1 fully saturated rings. The maximum atomic E-state index is 12.3. The van der Waals surface area contributed by atoms with Gasteiger partial charge >= 0.3 is 6.09 Å². The lowest BCUT2D eigenvalue weighted by Gasteiger charge is -2.17. The number of sulfone groups is 1. The molecule has 1 aromatic rings. The second kappa shape index (κ2) is 7.11. The highest BCUT2D eigenvalue weighted by molar-refractivity contribution is 7.91. The molecule has 0 aromatic heterocycles. The molecule has 0 saturated carbocycles. The SMILES string of the molecule is CCOC(=O)Nc1ccc(S(=O)(=O)CC)c(C2CCCN2)c1. The lowest BCUT2D eigenvalue weighted by atomic mass is 10.0. The van der Waals surface area contributed by atoms with E-state index in [2.05, 4.69) is 10.6 Å². The van der Waals surface area contributed by atoms with E-state index in [1.165, 1.54) is 0 Å². The van der Waals surface area contributed by atoms with Crippen LogP contribution in [0.25, 0.3) is 0 Å². The molecule has 1 atom stereocenters. The molecular weight excluding hydrogens is 304 g/mol. The van der Waals surface area contributed by atoms with Gasteiger partial charge in [0.1, 0.15) is 0 Å². The van der Waals surface area contributed by atoms with Crippen LogP contribution in [-0.4, -0.2) is 33.4 Å². The van der Waals surface area contributed by atoms with Gasteiger partial charge in [-0.3, -0.25) is 5.32 Å². The summed E-state index contributed by atoms with van der Waals surface area (Å²) in [7, 11) is -3.31. The van der Waals surface area contributed by atoms with Crippen molar-refractivity contribution in [2.45, 2.75) is 37.6 Å². The maximum Gasteiger partial charge on any atom is 0.411 e. The molecule has 1 saturated heterocycles. The number of benzene rings is 1. The summed E-state index contributed by atoms with van der Waals surface area (Å²) >= 11 is 0. The van der Waals surface area contributed by atoms with Crippen LogP contribution >= 0.6 is 0 Å². The zero-order valence-electron chi connectivity index (χ0n) is 12.9. The summed E-state index contributed by atoms with van der Waals surface area (Å²) in [5.41, 5.74) is 1.26. The number of hydrogen-bond donors (Lipinski definition) is 2. The minimum Gasteiger partial charge on any atom is -0.450 e. The molecule has 2 N–H and O–H groups in total. The first-order valence-electron chi connectivity index (χ1n) is 7.51. The van der Waals surface area contributed by atoms with Gasteiger partial charge in [0, 0.05) is 11.7 Å². The zero-order chi connectivity index (χ0) is 16.2. The van der Waals surface area contributed by atoms with Crippen LogP contribution in [-0.2, 0) is 14.6 Å². The summed E-state index contributed by atoms with van der Waals surface area (Å²) < 4.78 is 29.4. The molecule has 122 valence electrons. The Hall–Kier alpha value is -1.60. The minimum atomic E-state index is -3.31. The maximum absolute atomic E-state index is 12.3. The van der Waals surface area contributed by atoms with Gasteiger partial charge in [0.2, 0.25) is 0 Å². The Morgan fingerprint density at radius 3 is 2.77 bits per heavy atom. The van der Waals surface area contributed by atoms with Crippen molar-refractivity contribution >= 4 is 21.6 Å². The van der Waals surface area contributed by atoms with Crippen LogP contribution in [0.2, 0.25) is 0 Å². The summed E-state index contributed by atoms with van der Waals surface area (Å²) in [6.45, 7) is 4.51. The molecule has 1 aliphatic heterocycles. The van der Waals surface area contributed by atoms with Crippen molar-refractivity contribution in [3.8, 4) is 0 Å². The number of carbonyl (C=O) groups excluding carboxylic acids is 1. The van der Waals surface area contributed by atoms with Gasteiger partial charge in [0.25, 0.3) is 0 Å². The molecule has 2 rings (SSSR count). The van der Waals surface area contributed by atoms with Crippen molar-refractivity contribution in [2.75, 3.05) is 24.2 Å². The fourth-order valence-corrected chi connectivity index (χ4v) is 3.72. The van der Waals surface area contributed by atoms with E-state index >= 15 is 0 Å². The van der Waals surface area contributed by atoms with Crippen LogP contribution in [0.3, 0.4) is 0 Å². The summed E-state index contributed by atoms with van der Waals surface area (Å²) in [6, 6.07) is 4.89. The van der Waals surface area contributed by atoms with Gasteiger partial charge < -0.3 is 10.1 Å². The van der Waals surface area contributed by atoms with E-state index in [-0.39, 0.29) is 18.4 Å². The molecule has 0 aliphatic carbocycles. The first-order chi connectivity index (χ1) is 10.5. The zero-order valence-corrected chi connectivity index (χ0v) is 13.7. The standard InChI is InChI=1S/C15H22N2O4S/c1-3-21-15(18)17-11-7-8-14(22(19,20)4-2)12(10-11)13-6-5-9-16-13/h7-8,10,13,16H,3-6,9H2,1-2H3,(H,17,18). The third kappa shape index (κ3) is 3.78. The van der Waals surface area contributed by atoms with Crippen molar-refractivity contribution in [3.63, 3.8) is 0 Å². The van der Waals surface area contributed by atoms with Crippen LogP contribution in [0.15, 0.2) is 23.1 Å². The third-order valence-electron chi connectivity index (χ3n) is 3.68. The Bertz CT molecular complexity index is 637. The Morgan fingerprint density at radius 1 is 1.41 bits per heavy atom. The van der Waals surface area contributed by atoms with Crippen molar-refractivity contribution in [3.05, 3.63) is 23.8 Å². The smallest absolute Gasteiger partial charge is 0.411 e. The van der Waals surface area contributed by atoms with Gasteiger partial charge in [-0.2, -0.15) is 0 Å². The second-order valence-corrected chi connectivity index (χ2v) is 7.40. The van der Waals surface area contributed by atoms with E-state index < -0.39 is 15.9 Å². The van der Waals surface area contributed by atoms with Gasteiger partial charge in [-0.1, -0.05) is 6.92 Å². The second-order valence-electron chi connectivity index (χ2n) is 5.15. The minimum absolute atomic E-state index is 0.000251. The lowest BCUT2D eigenvalue weighted by molar-refractivity contribution is 0.168. The van der Waals surface area contributed by atoms with Gasteiger partial charge in [0.05, 0.1) is 17.3 Å². The third-order valence-corrected chi connectivity index (χ3v) is 5.48. The number of hydrogen-bond acceptors (Lipinski definition) is 5. The molecule has 1 aliphatic rings. The fourth-order valence-electron chi connectivity index (χ4n) is 2.57. The topological polar surface area (TPSA) is 84.5 Å². The van der Waals surface area contributed by atoms with Gasteiger partial charge in [-0.15, -0.1) is 0 Å². The van der Waals surface area contributed by atoms with Crippen LogP contribution < -0.4 is 10.6 Å². The number of rotatable bonds is 5. The van der Waals surface area contributed by atoms with Crippen molar-refractivity contribution < 1.29 is 17.9 Å². The van der Waals surface area contributed by atoms with Crippen molar-refractivity contribution in [1.82, 2.24) is 5.32 Å². The van der Waals surface area contributed by atoms with E-state index in [4.69, 9.17) is 4.74 Å². The molecule has 6 nitrogen and oxygen atoms in total. The Balaban J connectivity index is 2.37. The molecule has 1 aromatic carbocycles. The van der Waals surface area contributed by atoms with Gasteiger partial charge in [-0.05, 0) is 50.1 Å². The number of carbonyl (C=O) groups is 1. The Morgan fingerprint density at radius 2 is 2.18 bits per heavy atom. The molecule has 1 unspecified atom stereocenters. The van der Waals surface area contributed by atoms with Gasteiger partial charge in [-0.25, -0.2) is 13.2 Å². The first-order valence-corrected chi connectivity index (χ1v) is 9.17. The molecule has 22 heavy (non-hydrogen) atoms. The largest absolute Gasteiger partial charge is 0.450 e. The molecule has 7 heteroatoms. The van der Waals surface area contributed by atoms with E-state index in [1.54, 1.807) is 32.0 Å². The first kappa shape index (κ1) is 16.8. The number of nitrogens with one attached hydrogen (secondary N) is 2. The summed E-state index contributed by atoms with van der Waals surface area (Å²) in [4.78, 5) is 11.9. The fraction of sp³-hybridized carbons (Fsp3) is 0.533. The number of anilines is 1. The molecule has 1 amide bonds. The molecule has 0 radical (unpaired) electrons. The molecule has 1 heterocycles. The quantitative estimate of drug-likeness (QED) is 0.868. The summed E-state index contributed by atoms with van der Waals surface area (Å²) in [5, 5.41) is 5.93. The Kier molecular flexibility index (Phi) is 5.42. The summed E-state index contributed by atoms with van der Waals surface area (Å²) in [6.07, 6.45) is 1.35. The molecule has 0 spiro atoms. The van der Waals surface area contributed by atoms with Crippen LogP contribution in [0, 0.1) is 0 Å². The number of amides is 1. The normalized spacial score (nSPS) is 18.2. The average molecular weight is 326 g/mol. The van der Waals surface area contributed by atoms with E-state index in [9.17, 15) is 13.2 Å². The van der Waals surface area contributed by atoms with E-state index in [1.807, 2.05) is 0 Å². The van der Waals surface area contributed by atoms with E-state index in [0.717, 1.165) is 19.4 Å². The van der Waals surface area contributed by atoms with Crippen LogP contribution in [0.4, 0.5) is 10.5 Å². The highest BCUT2D eigenvalue weighted by Crippen LogP contribution is 2.31. The van der Waals surface area contributed by atoms with Crippen LogP contribution in [0.1, 0.15) is 38.3 Å². The van der Waals surface area contributed by atoms with Crippen LogP contribution in [0.5, 0.6) is 0 Å². The van der Waals surface area contributed by atoms with Crippen molar-refractivity contribution in [1.29, 1.82) is 0 Å². The predicted octanol–water partition coefficient (Wildman–Crippen LogP) is 2.47. The van der Waals surface area contributed by atoms with Crippen molar-refractivity contribution in [2.24, 2.45) is 0 Å². The van der Waals surface area contributed by atoms with E-state index in [0.29, 0.717) is 16.1 Å².